The molecule has 0 bridgehead atoms. The summed E-state index contributed by atoms with van der Waals surface area (Å²) in [5.74, 6) is -0.527. The Labute approximate surface area is 299 Å². The zero-order chi connectivity index (χ0) is 35.5. The number of aliphatic hydroxyl groups excluding tert-OH is 1. The number of hydrogen-bond acceptors (Lipinski definition) is 9. The van der Waals surface area contributed by atoms with Crippen molar-refractivity contribution in [2.75, 3.05) is 41.7 Å². The van der Waals surface area contributed by atoms with Crippen LogP contribution in [0.5, 0.6) is 0 Å². The molecule has 2 aromatic heterocycles. The molecular weight excluding hydrogens is 675 g/mol. The third-order valence-electron chi connectivity index (χ3n) is 9.96. The van der Waals surface area contributed by atoms with Gasteiger partial charge in [0.15, 0.2) is 0 Å². The van der Waals surface area contributed by atoms with Gasteiger partial charge >= 0.3 is 5.69 Å². The molecule has 2 aliphatic rings. The van der Waals surface area contributed by atoms with E-state index in [1.807, 2.05) is 31.2 Å². The minimum atomic E-state index is -0.952. The second-order valence-electron chi connectivity index (χ2n) is 13.2. The number of thioether (sulfide) groups is 1. The average Bonchev–Trinajstić information content (AvgIpc) is 3.90. The number of ether oxygens (including phenoxy) is 1. The second-order valence-corrected chi connectivity index (χ2v) is 14.3. The monoisotopic (exact) mass is 716 g/mol. The summed E-state index contributed by atoms with van der Waals surface area (Å²) in [7, 11) is 0. The highest BCUT2D eigenvalue weighted by molar-refractivity contribution is 7.99. The molecule has 2 aliphatic heterocycles. The number of anilines is 2. The Morgan fingerprint density at radius 3 is 2.22 bits per heavy atom. The van der Waals surface area contributed by atoms with Crippen LogP contribution >= 0.6 is 11.8 Å². The SMILES string of the molecule is CCC(C(C)O)n1ncn(-c2ccc(N3CCN(c4ccc(SCC5CCC(Cn6cncn6)(c6ccc(F)cc6F)O5)cc4)CC3)cc2)c1=O. The standard InChI is InChI=1S/C37H42F2N8O3S/c1-3-35(26(2)48)47-36(49)46(25-42-47)30-7-5-28(6-8-30)43-16-18-44(19-17-43)29-9-11-32(12-10-29)51-21-31-14-15-37(50-31,22-45-24-40-23-41-45)33-13-4-27(38)20-34(33)39/h4-13,20,23-26,31,35,48H,3,14-19,21-22H2,1-2H3. The van der Waals surface area contributed by atoms with Gasteiger partial charge in [-0.25, -0.2) is 32.5 Å². The van der Waals surface area contributed by atoms with Gasteiger partial charge in [-0.05, 0) is 80.8 Å². The van der Waals surface area contributed by atoms with E-state index in [1.54, 1.807) is 29.7 Å². The molecule has 14 heteroatoms. The highest BCUT2D eigenvalue weighted by atomic mass is 32.2. The van der Waals surface area contributed by atoms with Crippen molar-refractivity contribution in [1.29, 1.82) is 0 Å². The third kappa shape index (κ3) is 7.44. The van der Waals surface area contributed by atoms with Gasteiger partial charge in [0, 0.05) is 59.8 Å². The number of halogens is 2. The van der Waals surface area contributed by atoms with Crippen LogP contribution in [0.3, 0.4) is 0 Å². The van der Waals surface area contributed by atoms with Gasteiger partial charge in [0.25, 0.3) is 0 Å². The van der Waals surface area contributed by atoms with E-state index in [0.29, 0.717) is 30.7 Å². The summed E-state index contributed by atoms with van der Waals surface area (Å²) < 4.78 is 39.8. The molecule has 5 aromatic rings. The number of benzene rings is 3. The van der Waals surface area contributed by atoms with Crippen molar-refractivity contribution < 1.29 is 18.6 Å². The van der Waals surface area contributed by atoms with Crippen LogP contribution in [0.4, 0.5) is 20.2 Å². The van der Waals surface area contributed by atoms with Crippen molar-refractivity contribution in [2.24, 2.45) is 0 Å². The Morgan fingerprint density at radius 1 is 0.941 bits per heavy atom. The first-order valence-electron chi connectivity index (χ1n) is 17.4. The first-order valence-corrected chi connectivity index (χ1v) is 18.3. The highest BCUT2D eigenvalue weighted by Crippen LogP contribution is 2.43. The Morgan fingerprint density at radius 2 is 1.61 bits per heavy atom. The van der Waals surface area contributed by atoms with Gasteiger partial charge in [-0.1, -0.05) is 13.0 Å². The molecule has 11 nitrogen and oxygen atoms in total. The molecule has 4 atom stereocenters. The molecule has 2 saturated heterocycles. The molecular formula is C37H42F2N8O3S. The van der Waals surface area contributed by atoms with Crippen LogP contribution in [0, 0.1) is 11.6 Å². The van der Waals surface area contributed by atoms with E-state index in [-0.39, 0.29) is 17.8 Å². The summed E-state index contributed by atoms with van der Waals surface area (Å²) in [5.41, 5.74) is 2.13. The van der Waals surface area contributed by atoms with E-state index in [2.05, 4.69) is 49.2 Å². The van der Waals surface area contributed by atoms with Gasteiger partial charge in [0.2, 0.25) is 0 Å². The molecule has 0 amide bonds. The molecule has 3 aromatic carbocycles. The summed E-state index contributed by atoms with van der Waals surface area (Å²) in [4.78, 5) is 22.9. The van der Waals surface area contributed by atoms with E-state index in [9.17, 15) is 18.7 Å². The van der Waals surface area contributed by atoms with Crippen molar-refractivity contribution in [3.63, 3.8) is 0 Å². The molecule has 0 spiro atoms. The molecule has 0 radical (unpaired) electrons. The van der Waals surface area contributed by atoms with Gasteiger partial charge in [0.1, 0.15) is 36.2 Å². The van der Waals surface area contributed by atoms with E-state index in [0.717, 1.165) is 54.9 Å². The molecule has 4 heterocycles. The topological polar surface area (TPSA) is 106 Å². The predicted molar refractivity (Wildman–Crippen MR) is 193 cm³/mol. The van der Waals surface area contributed by atoms with Crippen molar-refractivity contribution in [2.45, 2.75) is 68.4 Å². The number of hydrogen-bond donors (Lipinski definition) is 1. The average molecular weight is 717 g/mol. The van der Waals surface area contributed by atoms with Crippen LogP contribution in [0.2, 0.25) is 0 Å². The number of piperazine rings is 1. The number of aromatic nitrogens is 6. The maximum Gasteiger partial charge on any atom is 0.350 e. The summed E-state index contributed by atoms with van der Waals surface area (Å²) in [5, 5.41) is 18.5. The van der Waals surface area contributed by atoms with Crippen LogP contribution in [0.25, 0.3) is 5.69 Å². The van der Waals surface area contributed by atoms with Crippen molar-refractivity contribution >= 4 is 23.1 Å². The molecule has 0 aliphatic carbocycles. The number of nitrogens with zero attached hydrogens (tertiary/aromatic N) is 8. The van der Waals surface area contributed by atoms with Gasteiger partial charge in [-0.15, -0.1) is 11.8 Å². The Bertz CT molecular complexity index is 1960. The first-order chi connectivity index (χ1) is 24.7. The second kappa shape index (κ2) is 15.0. The van der Waals surface area contributed by atoms with Crippen molar-refractivity contribution in [3.05, 3.63) is 113 Å². The Balaban J connectivity index is 0.923. The number of aliphatic hydroxyl groups is 1. The zero-order valence-corrected chi connectivity index (χ0v) is 29.5. The lowest BCUT2D eigenvalue weighted by atomic mass is 9.90. The van der Waals surface area contributed by atoms with E-state index < -0.39 is 23.3 Å². The normalized spacial score (nSPS) is 20.5. The van der Waals surface area contributed by atoms with Crippen LogP contribution in [-0.2, 0) is 16.9 Å². The van der Waals surface area contributed by atoms with Crippen LogP contribution in [-0.4, -0.2) is 78.4 Å². The van der Waals surface area contributed by atoms with Gasteiger partial charge in [-0.3, -0.25) is 0 Å². The van der Waals surface area contributed by atoms with E-state index in [1.165, 1.54) is 39.7 Å². The minimum absolute atomic E-state index is 0.105. The predicted octanol–water partition coefficient (Wildman–Crippen LogP) is 5.43. The third-order valence-corrected chi connectivity index (χ3v) is 11.1. The lowest BCUT2D eigenvalue weighted by molar-refractivity contribution is -0.0530. The van der Waals surface area contributed by atoms with E-state index in [4.69, 9.17) is 4.74 Å². The fraction of sp³-hybridized carbons (Fsp3) is 0.405. The maximum absolute atomic E-state index is 15.0. The lowest BCUT2D eigenvalue weighted by Crippen LogP contribution is -2.46. The van der Waals surface area contributed by atoms with Crippen LogP contribution < -0.4 is 15.5 Å². The van der Waals surface area contributed by atoms with Gasteiger partial charge < -0.3 is 19.6 Å². The summed E-state index contributed by atoms with van der Waals surface area (Å²) in [6, 6.07) is 19.8. The summed E-state index contributed by atoms with van der Waals surface area (Å²) in [6.45, 7) is 7.38. The molecule has 0 saturated carbocycles. The quantitative estimate of drug-likeness (QED) is 0.169. The lowest BCUT2D eigenvalue weighted by Gasteiger charge is -2.37. The number of rotatable bonds is 12. The fourth-order valence-corrected chi connectivity index (χ4v) is 8.15. The Kier molecular flexibility index (Phi) is 10.3. The molecule has 2 fully saturated rings. The molecule has 268 valence electrons. The van der Waals surface area contributed by atoms with Crippen molar-refractivity contribution in [3.8, 4) is 5.69 Å². The van der Waals surface area contributed by atoms with E-state index >= 15 is 0 Å². The van der Waals surface area contributed by atoms with Crippen LogP contribution in [0.1, 0.15) is 44.7 Å². The maximum atomic E-state index is 15.0. The summed E-state index contributed by atoms with van der Waals surface area (Å²) in [6.07, 6.45) is 5.70. The summed E-state index contributed by atoms with van der Waals surface area (Å²) >= 11 is 1.71. The minimum Gasteiger partial charge on any atom is -0.391 e. The van der Waals surface area contributed by atoms with Gasteiger partial charge in [0.05, 0.1) is 30.5 Å². The van der Waals surface area contributed by atoms with Crippen molar-refractivity contribution in [1.82, 2.24) is 29.1 Å². The Hall–Kier alpha value is -4.53. The zero-order valence-electron chi connectivity index (χ0n) is 28.7. The molecule has 1 N–H and O–H groups in total. The smallest absolute Gasteiger partial charge is 0.350 e. The first kappa shape index (κ1) is 34.9. The van der Waals surface area contributed by atoms with Crippen LogP contribution in [0.15, 0.2) is 95.4 Å². The largest absolute Gasteiger partial charge is 0.391 e. The molecule has 51 heavy (non-hydrogen) atoms. The fourth-order valence-electron chi connectivity index (χ4n) is 7.21. The molecule has 4 unspecified atom stereocenters. The highest BCUT2D eigenvalue weighted by Gasteiger charge is 2.44. The van der Waals surface area contributed by atoms with Gasteiger partial charge in [-0.2, -0.15) is 10.2 Å². The molecule has 7 rings (SSSR count).